The van der Waals surface area contributed by atoms with E-state index in [1.807, 2.05) is 0 Å². The van der Waals surface area contributed by atoms with E-state index in [9.17, 15) is 4.79 Å². The van der Waals surface area contributed by atoms with Gasteiger partial charge < -0.3 is 15.1 Å². The fraction of sp³-hybridized carbons (Fsp3) is 0.516. The molecule has 6 aromatic rings. The largest absolute Gasteiger partial charge is 0.380 e. The van der Waals surface area contributed by atoms with Crippen LogP contribution in [0.2, 0.25) is 0 Å². The molecule has 4 heteroatoms. The maximum Gasteiger partial charge on any atom is 0.150 e. The summed E-state index contributed by atoms with van der Waals surface area (Å²) < 4.78 is 0. The van der Waals surface area contributed by atoms with E-state index in [2.05, 4.69) is 130 Å². The van der Waals surface area contributed by atoms with Crippen molar-refractivity contribution in [2.24, 2.45) is 0 Å². The molecule has 4 nitrogen and oxygen atoms in total. The first-order chi connectivity index (χ1) is 33.3. The van der Waals surface area contributed by atoms with Gasteiger partial charge in [0, 0.05) is 71.9 Å². The molecule has 0 spiro atoms. The highest BCUT2D eigenvalue weighted by Crippen LogP contribution is 2.52. The first kappa shape index (κ1) is 51.0. The third kappa shape index (κ3) is 11.1. The standard InChI is InChI=1S/C64H87N3O/c1-9-14-18-25-33-49(34-26-19-15-10-2)53-39-40-55-58-46(6)64(65-44-48-31-23-22-24-32-48)59(47(7)66(8)51(35-27-20-16-11-3)36-28-21-17-12-4)62-52(13-5)57(67-41-29-30-42-67)43-56(63(58)62)54-38-37-50(45-68)60(53)61(54)55/h13,22-24,31-32,37-40,43,45,49,51,65H,5,7,9-12,14-21,25-30,33-36,41-42,44H2,1-4,6,8H3. The van der Waals surface area contributed by atoms with Crippen LogP contribution < -0.4 is 10.2 Å². The van der Waals surface area contributed by atoms with E-state index in [0.717, 1.165) is 36.3 Å². The molecular weight excluding hydrogens is 827 g/mol. The number of nitrogens with zero attached hydrogens (tertiary/aromatic N) is 2. The summed E-state index contributed by atoms with van der Waals surface area (Å²) in [5.41, 5.74) is 10.6. The fourth-order valence-electron chi connectivity index (χ4n) is 12.2. The molecule has 0 aliphatic carbocycles. The van der Waals surface area contributed by atoms with E-state index < -0.39 is 0 Å². The lowest BCUT2D eigenvalue weighted by molar-refractivity contribution is 0.112. The Bertz CT molecular complexity index is 2560. The van der Waals surface area contributed by atoms with E-state index in [4.69, 9.17) is 6.58 Å². The quantitative estimate of drug-likeness (QED) is 0.0211. The highest BCUT2D eigenvalue weighted by atomic mass is 16.1. The number of carbonyl (C=O) groups excluding carboxylic acids is 1. The van der Waals surface area contributed by atoms with Crippen molar-refractivity contribution in [1.82, 2.24) is 4.90 Å². The number of rotatable bonds is 30. The summed E-state index contributed by atoms with van der Waals surface area (Å²) in [4.78, 5) is 18.6. The Morgan fingerprint density at radius 2 is 1.26 bits per heavy atom. The van der Waals surface area contributed by atoms with E-state index >= 15 is 0 Å². The van der Waals surface area contributed by atoms with Gasteiger partial charge in [0.15, 0.2) is 6.29 Å². The highest BCUT2D eigenvalue weighted by molar-refractivity contribution is 6.38. The molecule has 0 amide bonds. The molecule has 0 saturated carbocycles. The molecule has 0 aromatic heterocycles. The molecule has 1 aliphatic rings. The van der Waals surface area contributed by atoms with Gasteiger partial charge in [-0.25, -0.2) is 0 Å². The SMILES string of the molecule is C=Cc1c(N2CCCC2)cc2c3ccc(C=O)c4c(C(CCCCCC)CCCCCC)ccc(c5c(C)c(NCc6ccccc6)c(C(=C)N(C)C(CCCCCC)CCCCCC)c1c25)c43. The zero-order chi connectivity index (χ0) is 48.0. The maximum atomic E-state index is 13.4. The summed E-state index contributed by atoms with van der Waals surface area (Å²) in [6.45, 7) is 24.2. The number of aldehydes is 1. The smallest absolute Gasteiger partial charge is 0.150 e. The lowest BCUT2D eigenvalue weighted by Crippen LogP contribution is -2.31. The van der Waals surface area contributed by atoms with Crippen molar-refractivity contribution in [3.63, 3.8) is 0 Å². The molecule has 1 aliphatic heterocycles. The molecule has 0 atom stereocenters. The Morgan fingerprint density at radius 3 is 1.84 bits per heavy atom. The summed E-state index contributed by atoms with van der Waals surface area (Å²) in [5, 5.41) is 14.2. The van der Waals surface area contributed by atoms with Crippen LogP contribution in [0, 0.1) is 6.92 Å². The predicted molar refractivity (Wildman–Crippen MR) is 301 cm³/mol. The van der Waals surface area contributed by atoms with Gasteiger partial charge in [0.1, 0.15) is 0 Å². The normalized spacial score (nSPS) is 13.1. The molecule has 7 rings (SSSR count). The van der Waals surface area contributed by atoms with Crippen molar-refractivity contribution < 1.29 is 4.79 Å². The summed E-state index contributed by atoms with van der Waals surface area (Å²) in [7, 11) is 2.34. The van der Waals surface area contributed by atoms with Crippen molar-refractivity contribution in [2.75, 3.05) is 30.4 Å². The highest BCUT2D eigenvalue weighted by Gasteiger charge is 2.31. The third-order valence-electron chi connectivity index (χ3n) is 16.0. The fourth-order valence-corrected chi connectivity index (χ4v) is 12.2. The van der Waals surface area contributed by atoms with Gasteiger partial charge in [0.25, 0.3) is 0 Å². The van der Waals surface area contributed by atoms with Crippen molar-refractivity contribution in [2.45, 2.75) is 194 Å². The number of anilines is 2. The van der Waals surface area contributed by atoms with Gasteiger partial charge in [-0.05, 0) is 112 Å². The summed E-state index contributed by atoms with van der Waals surface area (Å²) in [6.07, 6.45) is 30.5. The molecule has 1 N–H and O–H groups in total. The van der Waals surface area contributed by atoms with Gasteiger partial charge in [0.05, 0.1) is 0 Å². The summed E-state index contributed by atoms with van der Waals surface area (Å²) >= 11 is 0. The minimum Gasteiger partial charge on any atom is -0.380 e. The zero-order valence-electron chi connectivity index (χ0n) is 43.5. The molecule has 1 fully saturated rings. The molecule has 0 bridgehead atoms. The van der Waals surface area contributed by atoms with Crippen molar-refractivity contribution in [1.29, 1.82) is 0 Å². The Balaban J connectivity index is 1.56. The number of carbonyl (C=O) groups is 1. The van der Waals surface area contributed by atoms with Crippen LogP contribution in [0.4, 0.5) is 11.4 Å². The second-order valence-corrected chi connectivity index (χ2v) is 20.7. The van der Waals surface area contributed by atoms with Crippen LogP contribution >= 0.6 is 0 Å². The lowest BCUT2D eigenvalue weighted by atomic mass is 9.78. The van der Waals surface area contributed by atoms with Crippen molar-refractivity contribution in [3.8, 4) is 0 Å². The third-order valence-corrected chi connectivity index (χ3v) is 16.0. The molecule has 1 heterocycles. The van der Waals surface area contributed by atoms with Crippen LogP contribution in [-0.4, -0.2) is 37.4 Å². The second-order valence-electron chi connectivity index (χ2n) is 20.7. The molecule has 364 valence electrons. The minimum atomic E-state index is 0.404. The van der Waals surface area contributed by atoms with E-state index in [-0.39, 0.29) is 0 Å². The van der Waals surface area contributed by atoms with Crippen LogP contribution in [-0.2, 0) is 6.54 Å². The van der Waals surface area contributed by atoms with E-state index in [1.165, 1.54) is 218 Å². The van der Waals surface area contributed by atoms with Crippen LogP contribution in [0.15, 0.2) is 73.8 Å². The van der Waals surface area contributed by atoms with Gasteiger partial charge in [-0.1, -0.05) is 204 Å². The molecule has 1 saturated heterocycles. The number of hydrogen-bond donors (Lipinski definition) is 1. The Labute approximate surface area is 412 Å². The average Bonchev–Trinajstić information content (AvgIpc) is 3.91. The van der Waals surface area contributed by atoms with Gasteiger partial charge in [-0.15, -0.1) is 0 Å². The summed E-state index contributed by atoms with van der Waals surface area (Å²) in [5.74, 6) is 0.416. The maximum absolute atomic E-state index is 13.4. The monoisotopic (exact) mass is 914 g/mol. The van der Waals surface area contributed by atoms with Gasteiger partial charge in [-0.2, -0.15) is 0 Å². The average molecular weight is 914 g/mol. The van der Waals surface area contributed by atoms with Gasteiger partial charge in [-0.3, -0.25) is 4.79 Å². The second kappa shape index (κ2) is 25.2. The first-order valence-electron chi connectivity index (χ1n) is 27.6. The molecular formula is C64H87N3O. The van der Waals surface area contributed by atoms with Crippen molar-refractivity contribution >= 4 is 72.5 Å². The zero-order valence-corrected chi connectivity index (χ0v) is 43.5. The van der Waals surface area contributed by atoms with E-state index in [1.54, 1.807) is 0 Å². The Morgan fingerprint density at radius 1 is 0.676 bits per heavy atom. The topological polar surface area (TPSA) is 35.6 Å². The minimum absolute atomic E-state index is 0.404. The van der Waals surface area contributed by atoms with Gasteiger partial charge >= 0.3 is 0 Å². The van der Waals surface area contributed by atoms with Crippen LogP contribution in [0.25, 0.3) is 54.9 Å². The Kier molecular flexibility index (Phi) is 18.9. The number of fused-ring (bicyclic) bond motifs is 2. The van der Waals surface area contributed by atoms with Gasteiger partial charge in [0.2, 0.25) is 0 Å². The number of nitrogens with one attached hydrogen (secondary N) is 1. The van der Waals surface area contributed by atoms with Crippen LogP contribution in [0.1, 0.15) is 213 Å². The molecule has 6 aromatic carbocycles. The van der Waals surface area contributed by atoms with Crippen molar-refractivity contribution in [3.05, 3.63) is 107 Å². The Hall–Kier alpha value is -4.83. The van der Waals surface area contributed by atoms with Crippen LogP contribution in [0.3, 0.4) is 0 Å². The lowest BCUT2D eigenvalue weighted by Gasteiger charge is -2.35. The molecule has 68 heavy (non-hydrogen) atoms. The molecule has 0 radical (unpaired) electrons. The molecule has 0 unspecified atom stereocenters. The number of benzene rings is 6. The number of hydrogen-bond acceptors (Lipinski definition) is 4. The number of unbranched alkanes of at least 4 members (excludes halogenated alkanes) is 12. The van der Waals surface area contributed by atoms with E-state index in [0.29, 0.717) is 18.5 Å². The van der Waals surface area contributed by atoms with Crippen LogP contribution in [0.5, 0.6) is 0 Å². The first-order valence-corrected chi connectivity index (χ1v) is 27.6. The predicted octanol–water partition coefficient (Wildman–Crippen LogP) is 18.9. The summed E-state index contributed by atoms with van der Waals surface area (Å²) in [6, 6.07) is 23.1. The number of aryl methyl sites for hydroxylation is 1.